The van der Waals surface area contributed by atoms with Gasteiger partial charge in [-0.2, -0.15) is 0 Å². The van der Waals surface area contributed by atoms with Gasteiger partial charge in [0.25, 0.3) is 0 Å². The first-order valence-electron chi connectivity index (χ1n) is 6.61. The van der Waals surface area contributed by atoms with Gasteiger partial charge in [-0.15, -0.1) is 0 Å². The van der Waals surface area contributed by atoms with Crippen LogP contribution in [0, 0.1) is 0 Å². The Hall–Kier alpha value is -2.62. The van der Waals surface area contributed by atoms with Crippen LogP contribution in [0.25, 0.3) is 0 Å². The minimum absolute atomic E-state index is 0.534. The molecule has 21 heavy (non-hydrogen) atoms. The molecule has 0 aliphatic carbocycles. The Labute approximate surface area is 123 Å². The molecule has 0 amide bonds. The average molecular weight is 284 g/mol. The highest BCUT2D eigenvalue weighted by Gasteiger charge is 2.19. The summed E-state index contributed by atoms with van der Waals surface area (Å²) in [5, 5.41) is 0. The quantitative estimate of drug-likeness (QED) is 0.635. The first kappa shape index (κ1) is 14.8. The molecule has 0 saturated heterocycles. The van der Waals surface area contributed by atoms with Crippen molar-refractivity contribution in [3.63, 3.8) is 0 Å². The summed E-state index contributed by atoms with van der Waals surface area (Å²) in [6.07, 6.45) is 0. The van der Waals surface area contributed by atoms with Crippen molar-refractivity contribution >= 4 is 11.9 Å². The molecule has 2 aromatic rings. The molecule has 0 bridgehead atoms. The maximum absolute atomic E-state index is 11.7. The smallest absolute Gasteiger partial charge is 0.320 e. The van der Waals surface area contributed by atoms with Crippen LogP contribution in [0.5, 0.6) is 11.5 Å². The summed E-state index contributed by atoms with van der Waals surface area (Å²) in [6, 6.07) is 16.5. The Morgan fingerprint density at radius 2 is 1.62 bits per heavy atom. The number of esters is 2. The third kappa shape index (κ3) is 4.18. The molecule has 4 heteroatoms. The van der Waals surface area contributed by atoms with Crippen LogP contribution in [0.1, 0.15) is 25.3 Å². The third-order valence-corrected chi connectivity index (χ3v) is 2.93. The van der Waals surface area contributed by atoms with Crippen LogP contribution in [0.15, 0.2) is 54.6 Å². The van der Waals surface area contributed by atoms with E-state index in [1.54, 1.807) is 31.2 Å². The normalized spacial score (nSPS) is 11.5. The summed E-state index contributed by atoms with van der Waals surface area (Å²) in [4.78, 5) is 22.6. The summed E-state index contributed by atoms with van der Waals surface area (Å²) >= 11 is 0. The Bertz CT molecular complexity index is 634. The summed E-state index contributed by atoms with van der Waals surface area (Å²) in [7, 11) is 0. The molecule has 0 aliphatic rings. The fraction of sp³-hybridized carbons (Fsp3) is 0.176. The van der Waals surface area contributed by atoms with Crippen LogP contribution >= 0.6 is 0 Å². The lowest BCUT2D eigenvalue weighted by Gasteiger charge is -2.12. The lowest BCUT2D eigenvalue weighted by Crippen LogP contribution is -2.15. The molecule has 1 unspecified atom stereocenters. The van der Waals surface area contributed by atoms with Crippen molar-refractivity contribution in [3.05, 3.63) is 60.2 Å². The SMILES string of the molecule is CC(=O)OC(=O)C(C)c1cccc(Oc2ccccc2)c1. The first-order valence-corrected chi connectivity index (χ1v) is 6.61. The van der Waals surface area contributed by atoms with Crippen molar-refractivity contribution in [2.75, 3.05) is 0 Å². The van der Waals surface area contributed by atoms with Crippen molar-refractivity contribution < 1.29 is 19.1 Å². The minimum atomic E-state index is -0.608. The van der Waals surface area contributed by atoms with Crippen molar-refractivity contribution in [2.45, 2.75) is 19.8 Å². The van der Waals surface area contributed by atoms with E-state index in [1.165, 1.54) is 6.92 Å². The van der Waals surface area contributed by atoms with E-state index in [-0.39, 0.29) is 0 Å². The number of hydrogen-bond donors (Lipinski definition) is 0. The second-order valence-electron chi connectivity index (χ2n) is 4.62. The summed E-state index contributed by atoms with van der Waals surface area (Å²) in [5.74, 6) is -0.370. The highest BCUT2D eigenvalue weighted by molar-refractivity contribution is 5.88. The number of hydrogen-bond acceptors (Lipinski definition) is 4. The summed E-state index contributed by atoms with van der Waals surface area (Å²) < 4.78 is 10.3. The average Bonchev–Trinajstić information content (AvgIpc) is 2.47. The topological polar surface area (TPSA) is 52.6 Å². The molecule has 0 N–H and O–H groups in total. The van der Waals surface area contributed by atoms with E-state index in [4.69, 9.17) is 4.74 Å². The number of rotatable bonds is 4. The van der Waals surface area contributed by atoms with Crippen LogP contribution < -0.4 is 4.74 Å². The van der Waals surface area contributed by atoms with Gasteiger partial charge < -0.3 is 9.47 Å². The van der Waals surface area contributed by atoms with Gasteiger partial charge in [-0.3, -0.25) is 9.59 Å². The molecule has 0 aromatic heterocycles. The molecule has 2 aromatic carbocycles. The third-order valence-electron chi connectivity index (χ3n) is 2.93. The van der Waals surface area contributed by atoms with Crippen molar-refractivity contribution in [1.29, 1.82) is 0 Å². The molecule has 1 atom stereocenters. The number of benzene rings is 2. The van der Waals surface area contributed by atoms with Gasteiger partial charge in [0.05, 0.1) is 5.92 Å². The predicted molar refractivity (Wildman–Crippen MR) is 78.1 cm³/mol. The zero-order valence-electron chi connectivity index (χ0n) is 11.9. The van der Waals surface area contributed by atoms with Gasteiger partial charge in [0.2, 0.25) is 0 Å². The lowest BCUT2D eigenvalue weighted by molar-refractivity contribution is -0.158. The lowest BCUT2D eigenvalue weighted by atomic mass is 10.0. The molecule has 0 aliphatic heterocycles. The maximum Gasteiger partial charge on any atom is 0.320 e. The maximum atomic E-state index is 11.7. The Balaban J connectivity index is 2.14. The summed E-state index contributed by atoms with van der Waals surface area (Å²) in [5.41, 5.74) is 0.731. The highest BCUT2D eigenvalue weighted by atomic mass is 16.6. The van der Waals surface area contributed by atoms with Crippen LogP contribution in [0.4, 0.5) is 0 Å². The van der Waals surface area contributed by atoms with Crippen LogP contribution in [-0.4, -0.2) is 11.9 Å². The second kappa shape index (κ2) is 6.70. The van der Waals surface area contributed by atoms with E-state index < -0.39 is 17.9 Å². The van der Waals surface area contributed by atoms with E-state index in [1.807, 2.05) is 30.3 Å². The van der Waals surface area contributed by atoms with Gasteiger partial charge in [0.1, 0.15) is 11.5 Å². The molecule has 0 radical (unpaired) electrons. The molecule has 0 spiro atoms. The van der Waals surface area contributed by atoms with Gasteiger partial charge in [0.15, 0.2) is 0 Å². The molecule has 0 fully saturated rings. The number of ether oxygens (including phenoxy) is 2. The monoisotopic (exact) mass is 284 g/mol. The molecule has 2 rings (SSSR count). The van der Waals surface area contributed by atoms with E-state index in [9.17, 15) is 9.59 Å². The molecular formula is C17H16O4. The molecule has 0 saturated carbocycles. The Morgan fingerprint density at radius 3 is 2.29 bits per heavy atom. The standard InChI is InChI=1S/C17H16O4/c1-12(17(19)20-13(2)18)14-7-6-10-16(11-14)21-15-8-4-3-5-9-15/h3-12H,1-2H3. The van der Waals surface area contributed by atoms with Gasteiger partial charge in [-0.25, -0.2) is 0 Å². The van der Waals surface area contributed by atoms with Gasteiger partial charge >= 0.3 is 11.9 Å². The number of carbonyl (C=O) groups excluding carboxylic acids is 2. The number of para-hydroxylation sites is 1. The van der Waals surface area contributed by atoms with Crippen LogP contribution in [-0.2, 0) is 14.3 Å². The fourth-order valence-corrected chi connectivity index (χ4v) is 1.84. The van der Waals surface area contributed by atoms with Gasteiger partial charge in [0, 0.05) is 6.92 Å². The van der Waals surface area contributed by atoms with Crippen molar-refractivity contribution in [2.24, 2.45) is 0 Å². The van der Waals surface area contributed by atoms with Crippen LogP contribution in [0.3, 0.4) is 0 Å². The second-order valence-corrected chi connectivity index (χ2v) is 4.62. The largest absolute Gasteiger partial charge is 0.457 e. The molecule has 108 valence electrons. The van der Waals surface area contributed by atoms with Crippen LogP contribution in [0.2, 0.25) is 0 Å². The van der Waals surface area contributed by atoms with E-state index >= 15 is 0 Å². The highest BCUT2D eigenvalue weighted by Crippen LogP contribution is 2.25. The molecule has 4 nitrogen and oxygen atoms in total. The van der Waals surface area contributed by atoms with E-state index in [2.05, 4.69) is 4.74 Å². The van der Waals surface area contributed by atoms with Gasteiger partial charge in [-0.1, -0.05) is 30.3 Å². The van der Waals surface area contributed by atoms with Gasteiger partial charge in [-0.05, 0) is 36.8 Å². The summed E-state index contributed by atoms with van der Waals surface area (Å²) in [6.45, 7) is 2.90. The minimum Gasteiger partial charge on any atom is -0.457 e. The Kier molecular flexibility index (Phi) is 4.72. The zero-order chi connectivity index (χ0) is 15.2. The van der Waals surface area contributed by atoms with Crippen molar-refractivity contribution in [1.82, 2.24) is 0 Å². The Morgan fingerprint density at radius 1 is 0.952 bits per heavy atom. The first-order chi connectivity index (χ1) is 10.1. The molecule has 0 heterocycles. The van der Waals surface area contributed by atoms with Crippen molar-refractivity contribution in [3.8, 4) is 11.5 Å². The molecular weight excluding hydrogens is 268 g/mol. The van der Waals surface area contributed by atoms with E-state index in [0.29, 0.717) is 11.5 Å². The number of carbonyl (C=O) groups is 2. The fourth-order valence-electron chi connectivity index (χ4n) is 1.84. The zero-order valence-corrected chi connectivity index (χ0v) is 11.9. The predicted octanol–water partition coefficient (Wildman–Crippen LogP) is 3.67. The van der Waals surface area contributed by atoms with E-state index in [0.717, 1.165) is 5.56 Å².